The fraction of sp³-hybridized carbons (Fsp3) is 1.00. The summed E-state index contributed by atoms with van der Waals surface area (Å²) in [5.74, 6) is 3.24. The van der Waals surface area contributed by atoms with E-state index in [0.717, 1.165) is 23.8 Å². The molecule has 0 amide bonds. The van der Waals surface area contributed by atoms with Gasteiger partial charge in [0.25, 0.3) is 0 Å². The third-order valence-corrected chi connectivity index (χ3v) is 6.65. The van der Waals surface area contributed by atoms with Crippen LogP contribution in [0.1, 0.15) is 85.5 Å². The van der Waals surface area contributed by atoms with Gasteiger partial charge in [0.1, 0.15) is 0 Å². The van der Waals surface area contributed by atoms with Crippen molar-refractivity contribution in [2.24, 2.45) is 28.6 Å². The van der Waals surface area contributed by atoms with Gasteiger partial charge in [-0.3, -0.25) is 0 Å². The highest BCUT2D eigenvalue weighted by Crippen LogP contribution is 2.61. The maximum atomic E-state index is 4.00. The van der Waals surface area contributed by atoms with Gasteiger partial charge in [-0.15, -0.1) is 0 Å². The number of rotatable bonds is 6. The normalized spacial score (nSPS) is 39.7. The second kappa shape index (κ2) is 5.87. The Kier molecular flexibility index (Phi) is 4.43. The summed E-state index contributed by atoms with van der Waals surface area (Å²) in [5, 5.41) is 4.00. The van der Waals surface area contributed by atoms with Crippen molar-refractivity contribution in [3.63, 3.8) is 0 Å². The van der Waals surface area contributed by atoms with Crippen molar-refractivity contribution in [3.8, 4) is 0 Å². The number of hydrogen-bond donors (Lipinski definition) is 1. The summed E-state index contributed by atoms with van der Waals surface area (Å²) in [6.07, 6.45) is 13.4. The molecule has 4 aliphatic carbocycles. The molecule has 0 spiro atoms. The molecule has 0 radical (unpaired) electrons. The molecule has 122 valence electrons. The van der Waals surface area contributed by atoms with Crippen molar-refractivity contribution in [3.05, 3.63) is 0 Å². The Labute approximate surface area is 132 Å². The summed E-state index contributed by atoms with van der Waals surface area (Å²) < 4.78 is 0. The highest BCUT2D eigenvalue weighted by Gasteiger charge is 2.53. The first-order valence-electron chi connectivity index (χ1n) is 9.63. The maximum Gasteiger partial charge on any atom is 0.0124 e. The molecule has 4 aliphatic rings. The molecule has 21 heavy (non-hydrogen) atoms. The number of nitrogens with one attached hydrogen (secondary N) is 1. The molecular weight excluding hydrogens is 254 g/mol. The molecule has 1 heteroatoms. The minimum atomic E-state index is 0.481. The van der Waals surface area contributed by atoms with Gasteiger partial charge in [0.2, 0.25) is 0 Å². The molecule has 4 bridgehead atoms. The largest absolute Gasteiger partial charge is 0.313 e. The molecule has 4 saturated carbocycles. The van der Waals surface area contributed by atoms with E-state index in [1.807, 2.05) is 0 Å². The fourth-order valence-electron chi connectivity index (χ4n) is 6.13. The van der Waals surface area contributed by atoms with E-state index in [1.54, 1.807) is 38.5 Å². The second-order valence-electron chi connectivity index (χ2n) is 9.89. The molecule has 1 unspecified atom stereocenters. The van der Waals surface area contributed by atoms with E-state index >= 15 is 0 Å². The molecule has 1 nitrogen and oxygen atoms in total. The Balaban J connectivity index is 1.72. The highest BCUT2D eigenvalue weighted by atomic mass is 14.9. The zero-order valence-electron chi connectivity index (χ0n) is 14.9. The van der Waals surface area contributed by atoms with Crippen LogP contribution in [0.4, 0.5) is 0 Å². The SMILES string of the molecule is CCCNC(CCC(C)(C)C)C12CC3CC(CC(C3)C1)C2. The summed E-state index contributed by atoms with van der Waals surface area (Å²) in [4.78, 5) is 0. The van der Waals surface area contributed by atoms with Crippen molar-refractivity contribution in [2.45, 2.75) is 91.5 Å². The molecular formula is C20H37N. The summed E-state index contributed by atoms with van der Waals surface area (Å²) >= 11 is 0. The van der Waals surface area contributed by atoms with Crippen molar-refractivity contribution >= 4 is 0 Å². The maximum absolute atomic E-state index is 4.00. The molecule has 0 aliphatic heterocycles. The van der Waals surface area contributed by atoms with Crippen LogP contribution >= 0.6 is 0 Å². The molecule has 0 aromatic heterocycles. The van der Waals surface area contributed by atoms with Gasteiger partial charge in [-0.1, -0.05) is 27.7 Å². The van der Waals surface area contributed by atoms with Gasteiger partial charge >= 0.3 is 0 Å². The van der Waals surface area contributed by atoms with Crippen LogP contribution in [0, 0.1) is 28.6 Å². The topological polar surface area (TPSA) is 12.0 Å². The van der Waals surface area contributed by atoms with Crippen molar-refractivity contribution < 1.29 is 0 Å². The van der Waals surface area contributed by atoms with Crippen LogP contribution < -0.4 is 5.32 Å². The van der Waals surface area contributed by atoms with Gasteiger partial charge in [0, 0.05) is 6.04 Å². The van der Waals surface area contributed by atoms with Crippen LogP contribution in [0.2, 0.25) is 0 Å². The minimum absolute atomic E-state index is 0.481. The van der Waals surface area contributed by atoms with E-state index in [-0.39, 0.29) is 0 Å². The van der Waals surface area contributed by atoms with Crippen LogP contribution in [0.15, 0.2) is 0 Å². The Hall–Kier alpha value is -0.0400. The summed E-state index contributed by atoms with van der Waals surface area (Å²) in [5.41, 5.74) is 1.16. The van der Waals surface area contributed by atoms with E-state index < -0.39 is 0 Å². The monoisotopic (exact) mass is 291 g/mol. The quantitative estimate of drug-likeness (QED) is 0.691. The van der Waals surface area contributed by atoms with E-state index in [9.17, 15) is 0 Å². The lowest BCUT2D eigenvalue weighted by Crippen LogP contribution is -2.56. The Bertz CT molecular complexity index is 316. The lowest BCUT2D eigenvalue weighted by Gasteiger charge is -2.60. The lowest BCUT2D eigenvalue weighted by molar-refractivity contribution is -0.0765. The average Bonchev–Trinajstić information content (AvgIpc) is 2.35. The first kappa shape index (κ1) is 15.8. The van der Waals surface area contributed by atoms with E-state index in [2.05, 4.69) is 33.0 Å². The zero-order chi connectivity index (χ0) is 15.1. The predicted octanol–water partition coefficient (Wildman–Crippen LogP) is 5.40. The first-order valence-corrected chi connectivity index (χ1v) is 9.63. The van der Waals surface area contributed by atoms with Crippen LogP contribution in [-0.2, 0) is 0 Å². The van der Waals surface area contributed by atoms with Crippen LogP contribution in [-0.4, -0.2) is 12.6 Å². The lowest BCUT2D eigenvalue weighted by atomic mass is 9.47. The van der Waals surface area contributed by atoms with Crippen LogP contribution in [0.5, 0.6) is 0 Å². The summed E-state index contributed by atoms with van der Waals surface area (Å²) in [7, 11) is 0. The molecule has 0 heterocycles. The van der Waals surface area contributed by atoms with Crippen molar-refractivity contribution in [1.82, 2.24) is 5.32 Å². The number of hydrogen-bond acceptors (Lipinski definition) is 1. The predicted molar refractivity (Wildman–Crippen MR) is 91.4 cm³/mol. The Morgan fingerprint density at radius 3 is 1.95 bits per heavy atom. The molecule has 4 fully saturated rings. The van der Waals surface area contributed by atoms with Gasteiger partial charge < -0.3 is 5.32 Å². The molecule has 0 saturated heterocycles. The Morgan fingerprint density at radius 1 is 1.00 bits per heavy atom. The standard InChI is InChI=1S/C20H37N/c1-5-8-21-18(6-7-19(2,3)4)20-12-15-9-16(13-20)11-17(10-15)14-20/h15-18,21H,5-14H2,1-4H3. The Morgan fingerprint density at radius 2 is 1.52 bits per heavy atom. The third-order valence-electron chi connectivity index (χ3n) is 6.65. The smallest absolute Gasteiger partial charge is 0.0124 e. The fourth-order valence-corrected chi connectivity index (χ4v) is 6.13. The van der Waals surface area contributed by atoms with E-state index in [1.165, 1.54) is 25.8 Å². The molecule has 1 N–H and O–H groups in total. The molecule has 1 atom stereocenters. The minimum Gasteiger partial charge on any atom is -0.313 e. The van der Waals surface area contributed by atoms with Gasteiger partial charge in [0.15, 0.2) is 0 Å². The van der Waals surface area contributed by atoms with Crippen molar-refractivity contribution in [2.75, 3.05) is 6.54 Å². The van der Waals surface area contributed by atoms with Gasteiger partial charge in [0.05, 0.1) is 0 Å². The van der Waals surface area contributed by atoms with Crippen LogP contribution in [0.25, 0.3) is 0 Å². The second-order valence-corrected chi connectivity index (χ2v) is 9.89. The molecule has 0 aromatic carbocycles. The van der Waals surface area contributed by atoms with Gasteiger partial charge in [-0.25, -0.2) is 0 Å². The van der Waals surface area contributed by atoms with Gasteiger partial charge in [-0.2, -0.15) is 0 Å². The summed E-state index contributed by atoms with van der Waals surface area (Å²) in [6.45, 7) is 10.8. The third kappa shape index (κ3) is 3.49. The summed E-state index contributed by atoms with van der Waals surface area (Å²) in [6, 6.07) is 0.796. The first-order chi connectivity index (χ1) is 9.90. The van der Waals surface area contributed by atoms with Crippen LogP contribution in [0.3, 0.4) is 0 Å². The van der Waals surface area contributed by atoms with E-state index in [4.69, 9.17) is 0 Å². The molecule has 0 aromatic rings. The highest BCUT2D eigenvalue weighted by molar-refractivity contribution is 5.06. The average molecular weight is 292 g/mol. The van der Waals surface area contributed by atoms with Gasteiger partial charge in [-0.05, 0) is 92.9 Å². The van der Waals surface area contributed by atoms with E-state index in [0.29, 0.717) is 10.8 Å². The van der Waals surface area contributed by atoms with Crippen molar-refractivity contribution in [1.29, 1.82) is 0 Å². The molecule has 4 rings (SSSR count). The zero-order valence-corrected chi connectivity index (χ0v) is 14.9.